The Morgan fingerprint density at radius 3 is 2.11 bits per heavy atom. The lowest BCUT2D eigenvalue weighted by Gasteiger charge is -2.37. The van der Waals surface area contributed by atoms with Gasteiger partial charge in [0.05, 0.1) is 5.41 Å². The number of carboxylic acids is 1. The average molecular weight is 371 g/mol. The minimum Gasteiger partial charge on any atom is -0.481 e. The van der Waals surface area contributed by atoms with Crippen LogP contribution >= 0.6 is 0 Å². The van der Waals surface area contributed by atoms with E-state index in [2.05, 4.69) is 38.1 Å². The molecule has 2 aliphatic carbocycles. The maximum Gasteiger partial charge on any atom is 0.314 e. The molecule has 27 heavy (non-hydrogen) atoms. The van der Waals surface area contributed by atoms with E-state index in [0.29, 0.717) is 11.8 Å². The summed E-state index contributed by atoms with van der Waals surface area (Å²) in [6, 6.07) is 8.75. The molecule has 2 aliphatic rings. The number of carboxylic acid groups (broad SMARTS) is 1. The lowest BCUT2D eigenvalue weighted by atomic mass is 9.66. The summed E-state index contributed by atoms with van der Waals surface area (Å²) < 4.78 is 0. The van der Waals surface area contributed by atoms with E-state index in [1.165, 1.54) is 56.9 Å². The van der Waals surface area contributed by atoms with Crippen LogP contribution in [0.5, 0.6) is 0 Å². The third-order valence-corrected chi connectivity index (χ3v) is 7.69. The minimum atomic E-state index is -0.651. The molecule has 0 atom stereocenters. The third kappa shape index (κ3) is 4.58. The molecule has 0 unspecified atom stereocenters. The van der Waals surface area contributed by atoms with Crippen LogP contribution in [0.4, 0.5) is 0 Å². The second kappa shape index (κ2) is 9.26. The molecule has 0 saturated heterocycles. The number of carbonyl (C=O) groups is 1. The van der Waals surface area contributed by atoms with Crippen molar-refractivity contribution >= 4 is 5.97 Å². The van der Waals surface area contributed by atoms with E-state index in [4.69, 9.17) is 0 Å². The molecule has 2 nitrogen and oxygen atoms in total. The van der Waals surface area contributed by atoms with Gasteiger partial charge in [0.2, 0.25) is 0 Å². The van der Waals surface area contributed by atoms with Crippen LogP contribution in [0.2, 0.25) is 0 Å². The summed E-state index contributed by atoms with van der Waals surface area (Å²) in [6.07, 6.45) is 14.3. The summed E-state index contributed by atoms with van der Waals surface area (Å²) >= 11 is 0. The Labute approximate surface area is 165 Å². The zero-order valence-electron chi connectivity index (χ0n) is 17.4. The van der Waals surface area contributed by atoms with E-state index in [9.17, 15) is 9.90 Å². The standard InChI is InChI=1S/C25H38O2/c1-3-5-6-20-7-9-21(10-8-20)22-11-13-23(14-12-22)25(24(26)27)17-15-19(4-2)16-18-25/h11-14,19-21H,3-10,15-18H2,1-2H3,(H,26,27). The quantitative estimate of drug-likeness (QED) is 0.557. The Hall–Kier alpha value is -1.31. The van der Waals surface area contributed by atoms with Crippen molar-refractivity contribution in [2.45, 2.75) is 102 Å². The first-order valence-corrected chi connectivity index (χ1v) is 11.4. The molecule has 1 aromatic carbocycles. The molecule has 0 heterocycles. The molecule has 0 radical (unpaired) electrons. The molecule has 2 saturated carbocycles. The summed E-state index contributed by atoms with van der Waals surface area (Å²) in [5, 5.41) is 10.0. The largest absolute Gasteiger partial charge is 0.481 e. The molecule has 0 aromatic heterocycles. The molecule has 3 rings (SSSR count). The van der Waals surface area contributed by atoms with E-state index in [1.54, 1.807) is 0 Å². The topological polar surface area (TPSA) is 37.3 Å². The van der Waals surface area contributed by atoms with Gasteiger partial charge in [0, 0.05) is 0 Å². The van der Waals surface area contributed by atoms with Gasteiger partial charge >= 0.3 is 5.97 Å². The molecule has 1 aromatic rings. The van der Waals surface area contributed by atoms with Gasteiger partial charge in [-0.15, -0.1) is 0 Å². The van der Waals surface area contributed by atoms with Gasteiger partial charge in [-0.25, -0.2) is 0 Å². The van der Waals surface area contributed by atoms with E-state index >= 15 is 0 Å². The molecule has 0 bridgehead atoms. The fourth-order valence-corrected chi connectivity index (χ4v) is 5.56. The second-order valence-electron chi connectivity index (χ2n) is 9.22. The Morgan fingerprint density at radius 2 is 1.59 bits per heavy atom. The van der Waals surface area contributed by atoms with Gasteiger partial charge in [-0.05, 0) is 80.2 Å². The molecule has 0 aliphatic heterocycles. The highest BCUT2D eigenvalue weighted by atomic mass is 16.4. The first-order valence-electron chi connectivity index (χ1n) is 11.4. The number of hydrogen-bond donors (Lipinski definition) is 1. The van der Waals surface area contributed by atoms with Crippen molar-refractivity contribution in [1.82, 2.24) is 0 Å². The van der Waals surface area contributed by atoms with Crippen LogP contribution < -0.4 is 0 Å². The summed E-state index contributed by atoms with van der Waals surface area (Å²) in [5.74, 6) is 1.69. The van der Waals surface area contributed by atoms with Crippen molar-refractivity contribution in [3.63, 3.8) is 0 Å². The molecule has 2 heteroatoms. The second-order valence-corrected chi connectivity index (χ2v) is 9.22. The van der Waals surface area contributed by atoms with Crippen LogP contribution in [0.3, 0.4) is 0 Å². The summed E-state index contributed by atoms with van der Waals surface area (Å²) in [7, 11) is 0. The Kier molecular flexibility index (Phi) is 7.00. The minimum absolute atomic E-state index is 0.624. The molecule has 150 valence electrons. The van der Waals surface area contributed by atoms with Gasteiger partial charge in [0.25, 0.3) is 0 Å². The zero-order valence-corrected chi connectivity index (χ0v) is 17.4. The predicted molar refractivity (Wildman–Crippen MR) is 112 cm³/mol. The average Bonchev–Trinajstić information content (AvgIpc) is 2.72. The van der Waals surface area contributed by atoms with Crippen LogP contribution in [0.25, 0.3) is 0 Å². The fraction of sp³-hybridized carbons (Fsp3) is 0.720. The van der Waals surface area contributed by atoms with Crippen LogP contribution in [-0.4, -0.2) is 11.1 Å². The maximum atomic E-state index is 12.2. The van der Waals surface area contributed by atoms with Gasteiger partial charge in [0.15, 0.2) is 0 Å². The van der Waals surface area contributed by atoms with Gasteiger partial charge in [-0.2, -0.15) is 0 Å². The molecule has 0 amide bonds. The Bertz CT molecular complexity index is 587. The first-order chi connectivity index (χ1) is 13.1. The highest BCUT2D eigenvalue weighted by Gasteiger charge is 2.43. The maximum absolute atomic E-state index is 12.2. The van der Waals surface area contributed by atoms with Gasteiger partial charge < -0.3 is 5.11 Å². The van der Waals surface area contributed by atoms with Crippen LogP contribution in [0.15, 0.2) is 24.3 Å². The third-order valence-electron chi connectivity index (χ3n) is 7.69. The predicted octanol–water partition coefficient (Wildman–Crippen LogP) is 7.07. The Morgan fingerprint density at radius 1 is 0.963 bits per heavy atom. The zero-order chi connectivity index (χ0) is 19.3. The number of aliphatic carboxylic acids is 1. The van der Waals surface area contributed by atoms with Crippen LogP contribution in [-0.2, 0) is 10.2 Å². The van der Waals surface area contributed by atoms with Gasteiger partial charge in [-0.1, -0.05) is 63.8 Å². The van der Waals surface area contributed by atoms with Gasteiger partial charge in [0.1, 0.15) is 0 Å². The van der Waals surface area contributed by atoms with E-state index in [0.717, 1.165) is 37.2 Å². The van der Waals surface area contributed by atoms with Crippen molar-refractivity contribution in [2.75, 3.05) is 0 Å². The van der Waals surface area contributed by atoms with E-state index < -0.39 is 11.4 Å². The van der Waals surface area contributed by atoms with Crippen molar-refractivity contribution < 1.29 is 9.90 Å². The lowest BCUT2D eigenvalue weighted by Crippen LogP contribution is -2.39. The van der Waals surface area contributed by atoms with Crippen LogP contribution in [0.1, 0.15) is 108 Å². The number of hydrogen-bond acceptors (Lipinski definition) is 1. The highest BCUT2D eigenvalue weighted by Crippen LogP contribution is 2.44. The molecule has 0 spiro atoms. The molecule has 1 N–H and O–H groups in total. The number of rotatable bonds is 7. The highest BCUT2D eigenvalue weighted by molar-refractivity contribution is 5.81. The molecule has 2 fully saturated rings. The van der Waals surface area contributed by atoms with Crippen molar-refractivity contribution in [2.24, 2.45) is 11.8 Å². The number of unbranched alkanes of at least 4 members (excludes halogenated alkanes) is 1. The number of benzene rings is 1. The normalized spacial score (nSPS) is 31.6. The summed E-state index contributed by atoms with van der Waals surface area (Å²) in [6.45, 7) is 4.51. The smallest absolute Gasteiger partial charge is 0.314 e. The summed E-state index contributed by atoms with van der Waals surface area (Å²) in [4.78, 5) is 12.2. The molecular formula is C25H38O2. The van der Waals surface area contributed by atoms with Crippen molar-refractivity contribution in [1.29, 1.82) is 0 Å². The molecular weight excluding hydrogens is 332 g/mol. The van der Waals surface area contributed by atoms with E-state index in [1.807, 2.05) is 0 Å². The van der Waals surface area contributed by atoms with Crippen LogP contribution in [0, 0.1) is 11.8 Å². The lowest BCUT2D eigenvalue weighted by molar-refractivity contribution is -0.145. The Balaban J connectivity index is 1.65. The van der Waals surface area contributed by atoms with Crippen molar-refractivity contribution in [3.05, 3.63) is 35.4 Å². The SMILES string of the molecule is CCCCC1CCC(c2ccc(C3(C(=O)O)CCC(CC)CC3)cc2)CC1. The first kappa shape index (κ1) is 20.4. The monoisotopic (exact) mass is 370 g/mol. The van der Waals surface area contributed by atoms with Crippen molar-refractivity contribution in [3.8, 4) is 0 Å². The van der Waals surface area contributed by atoms with E-state index in [-0.39, 0.29) is 0 Å². The van der Waals surface area contributed by atoms with Gasteiger partial charge in [-0.3, -0.25) is 4.79 Å². The summed E-state index contributed by atoms with van der Waals surface area (Å²) in [5.41, 5.74) is 1.81. The fourth-order valence-electron chi connectivity index (χ4n) is 5.56.